The maximum atomic E-state index is 12.7. The molecule has 1 saturated heterocycles. The molecule has 160 valence electrons. The molecule has 1 heterocycles. The van der Waals surface area contributed by atoms with E-state index >= 15 is 0 Å². The lowest BCUT2D eigenvalue weighted by Crippen LogP contribution is -2.30. The zero-order valence-electron chi connectivity index (χ0n) is 16.6. The van der Waals surface area contributed by atoms with Crippen molar-refractivity contribution in [1.82, 2.24) is 5.32 Å². The summed E-state index contributed by atoms with van der Waals surface area (Å²) in [4.78, 5) is 37.1. The standard InChI is InChI=1S/C24H17ClN2O5/c25-18-5-2-6-19(13-18)27-22(28)21(26-24(27)31)12-15-7-9-20(10-8-15)32-14-16-3-1-4-17(11-16)23(29)30/h1-13H,14H2,(H,26,31)(H,29,30)/b21-12+. The summed E-state index contributed by atoms with van der Waals surface area (Å²) in [6.07, 6.45) is 1.57. The Morgan fingerprint density at radius 3 is 2.50 bits per heavy atom. The van der Waals surface area contributed by atoms with E-state index in [0.717, 1.165) is 10.5 Å². The lowest BCUT2D eigenvalue weighted by atomic mass is 10.1. The SMILES string of the molecule is O=C(O)c1cccc(COc2ccc(/C=C3/NC(=O)N(c4cccc(Cl)c4)C3=O)cc2)c1. The first-order valence-electron chi connectivity index (χ1n) is 9.58. The Morgan fingerprint density at radius 1 is 1.03 bits per heavy atom. The lowest BCUT2D eigenvalue weighted by molar-refractivity contribution is -0.113. The van der Waals surface area contributed by atoms with Crippen molar-refractivity contribution in [3.63, 3.8) is 0 Å². The van der Waals surface area contributed by atoms with Crippen molar-refractivity contribution in [2.45, 2.75) is 6.61 Å². The number of nitrogens with one attached hydrogen (secondary N) is 1. The summed E-state index contributed by atoms with van der Waals surface area (Å²) in [5.41, 5.74) is 2.16. The summed E-state index contributed by atoms with van der Waals surface area (Å²) >= 11 is 5.96. The number of urea groups is 1. The number of anilines is 1. The van der Waals surface area contributed by atoms with Gasteiger partial charge in [-0.2, -0.15) is 0 Å². The highest BCUT2D eigenvalue weighted by Crippen LogP contribution is 2.25. The van der Waals surface area contributed by atoms with Gasteiger partial charge in [0.15, 0.2) is 0 Å². The summed E-state index contributed by atoms with van der Waals surface area (Å²) in [6, 6.07) is 19.4. The Bertz CT molecular complexity index is 1240. The number of ether oxygens (including phenoxy) is 1. The molecule has 0 bridgehead atoms. The van der Waals surface area contributed by atoms with E-state index < -0.39 is 17.9 Å². The van der Waals surface area contributed by atoms with Gasteiger partial charge in [0.1, 0.15) is 18.1 Å². The number of carboxylic acid groups (broad SMARTS) is 1. The minimum Gasteiger partial charge on any atom is -0.489 e. The molecule has 1 fully saturated rings. The number of aromatic carboxylic acids is 1. The van der Waals surface area contributed by atoms with Crippen molar-refractivity contribution in [2.75, 3.05) is 4.90 Å². The molecule has 0 spiro atoms. The molecule has 0 unspecified atom stereocenters. The minimum atomic E-state index is -0.994. The molecular weight excluding hydrogens is 432 g/mol. The van der Waals surface area contributed by atoms with Crippen molar-refractivity contribution < 1.29 is 24.2 Å². The molecule has 0 atom stereocenters. The van der Waals surface area contributed by atoms with Gasteiger partial charge in [0, 0.05) is 5.02 Å². The normalized spacial score (nSPS) is 14.5. The third-order valence-electron chi connectivity index (χ3n) is 4.72. The number of carbonyl (C=O) groups is 3. The van der Waals surface area contributed by atoms with Crippen LogP contribution in [0.1, 0.15) is 21.5 Å². The highest BCUT2D eigenvalue weighted by atomic mass is 35.5. The van der Waals surface area contributed by atoms with Crippen LogP contribution in [0.2, 0.25) is 5.02 Å². The highest BCUT2D eigenvalue weighted by Gasteiger charge is 2.34. The van der Waals surface area contributed by atoms with Gasteiger partial charge in [-0.1, -0.05) is 41.9 Å². The number of carbonyl (C=O) groups excluding carboxylic acids is 2. The number of nitrogens with zero attached hydrogens (tertiary/aromatic N) is 1. The van der Waals surface area contributed by atoms with Gasteiger partial charge in [0.2, 0.25) is 0 Å². The molecule has 1 aliphatic rings. The van der Waals surface area contributed by atoms with E-state index in [2.05, 4.69) is 5.32 Å². The first kappa shape index (κ1) is 21.1. The maximum Gasteiger partial charge on any atom is 0.335 e. The van der Waals surface area contributed by atoms with Gasteiger partial charge in [-0.25, -0.2) is 14.5 Å². The van der Waals surface area contributed by atoms with Crippen LogP contribution >= 0.6 is 11.6 Å². The molecule has 32 heavy (non-hydrogen) atoms. The zero-order valence-corrected chi connectivity index (χ0v) is 17.4. The van der Waals surface area contributed by atoms with E-state index in [1.54, 1.807) is 72.8 Å². The number of carboxylic acids is 1. The smallest absolute Gasteiger partial charge is 0.335 e. The number of amides is 3. The Balaban J connectivity index is 1.44. The molecule has 0 saturated carbocycles. The van der Waals surface area contributed by atoms with Crippen LogP contribution in [0.4, 0.5) is 10.5 Å². The largest absolute Gasteiger partial charge is 0.489 e. The Kier molecular flexibility index (Phi) is 5.91. The number of hydrogen-bond acceptors (Lipinski definition) is 4. The van der Waals surface area contributed by atoms with Crippen LogP contribution < -0.4 is 15.0 Å². The van der Waals surface area contributed by atoms with E-state index in [4.69, 9.17) is 21.4 Å². The van der Waals surface area contributed by atoms with Crippen LogP contribution in [0, 0.1) is 0 Å². The van der Waals surface area contributed by atoms with Gasteiger partial charge in [-0.15, -0.1) is 0 Å². The van der Waals surface area contributed by atoms with Crippen LogP contribution in [0.3, 0.4) is 0 Å². The predicted molar refractivity (Wildman–Crippen MR) is 120 cm³/mol. The maximum absolute atomic E-state index is 12.7. The van der Waals surface area contributed by atoms with E-state index in [1.165, 1.54) is 6.07 Å². The van der Waals surface area contributed by atoms with Crippen LogP contribution in [-0.4, -0.2) is 23.0 Å². The number of rotatable bonds is 6. The van der Waals surface area contributed by atoms with E-state index in [1.807, 2.05) is 0 Å². The van der Waals surface area contributed by atoms with Crippen molar-refractivity contribution in [2.24, 2.45) is 0 Å². The van der Waals surface area contributed by atoms with Gasteiger partial charge in [-0.05, 0) is 59.7 Å². The fourth-order valence-corrected chi connectivity index (χ4v) is 3.36. The minimum absolute atomic E-state index is 0.147. The average molecular weight is 449 g/mol. The third kappa shape index (κ3) is 4.63. The monoisotopic (exact) mass is 448 g/mol. The molecule has 2 N–H and O–H groups in total. The fourth-order valence-electron chi connectivity index (χ4n) is 3.17. The van der Waals surface area contributed by atoms with Crippen molar-refractivity contribution in [3.8, 4) is 5.75 Å². The van der Waals surface area contributed by atoms with Crippen LogP contribution in [0.15, 0.2) is 78.5 Å². The summed E-state index contributed by atoms with van der Waals surface area (Å²) in [6.45, 7) is 0.213. The van der Waals surface area contributed by atoms with E-state index in [9.17, 15) is 14.4 Å². The van der Waals surface area contributed by atoms with E-state index in [0.29, 0.717) is 22.0 Å². The first-order chi connectivity index (χ1) is 15.4. The van der Waals surface area contributed by atoms with Crippen molar-refractivity contribution in [1.29, 1.82) is 0 Å². The highest BCUT2D eigenvalue weighted by molar-refractivity contribution is 6.32. The summed E-state index contributed by atoms with van der Waals surface area (Å²) in [5.74, 6) is -0.891. The fraction of sp³-hybridized carbons (Fsp3) is 0.0417. The Morgan fingerprint density at radius 2 is 1.78 bits per heavy atom. The molecule has 4 rings (SSSR count). The van der Waals surface area contributed by atoms with Crippen molar-refractivity contribution in [3.05, 3.63) is 100 Å². The first-order valence-corrected chi connectivity index (χ1v) is 9.96. The van der Waals surface area contributed by atoms with Gasteiger partial charge >= 0.3 is 12.0 Å². The number of hydrogen-bond donors (Lipinski definition) is 2. The van der Waals surface area contributed by atoms with E-state index in [-0.39, 0.29) is 17.9 Å². The van der Waals surface area contributed by atoms with Gasteiger partial charge in [-0.3, -0.25) is 4.79 Å². The lowest BCUT2D eigenvalue weighted by Gasteiger charge is -2.11. The van der Waals surface area contributed by atoms with Gasteiger partial charge in [0.25, 0.3) is 5.91 Å². The number of halogens is 1. The second-order valence-corrected chi connectivity index (χ2v) is 7.41. The molecule has 8 heteroatoms. The van der Waals surface area contributed by atoms with Crippen LogP contribution in [0.25, 0.3) is 6.08 Å². The predicted octanol–water partition coefficient (Wildman–Crippen LogP) is 4.71. The molecule has 0 aromatic heterocycles. The van der Waals surface area contributed by atoms with Gasteiger partial charge in [0.05, 0.1) is 11.3 Å². The zero-order chi connectivity index (χ0) is 22.7. The van der Waals surface area contributed by atoms with Crippen molar-refractivity contribution >= 4 is 41.3 Å². The molecule has 0 aliphatic carbocycles. The second-order valence-electron chi connectivity index (χ2n) is 6.97. The average Bonchev–Trinajstić information content (AvgIpc) is 3.06. The Hall–Kier alpha value is -4.10. The molecule has 3 aromatic carbocycles. The molecular formula is C24H17ClN2O5. The quantitative estimate of drug-likeness (QED) is 0.420. The van der Waals surface area contributed by atoms with Crippen LogP contribution in [-0.2, 0) is 11.4 Å². The topological polar surface area (TPSA) is 95.9 Å². The number of benzene rings is 3. The summed E-state index contributed by atoms with van der Waals surface area (Å²) in [5, 5.41) is 12.1. The molecule has 1 aliphatic heterocycles. The molecule has 7 nitrogen and oxygen atoms in total. The third-order valence-corrected chi connectivity index (χ3v) is 4.95. The molecule has 3 amide bonds. The summed E-state index contributed by atoms with van der Waals surface area (Å²) < 4.78 is 5.71. The molecule has 3 aromatic rings. The summed E-state index contributed by atoms with van der Waals surface area (Å²) in [7, 11) is 0. The molecule has 0 radical (unpaired) electrons. The second kappa shape index (κ2) is 8.95. The van der Waals surface area contributed by atoms with Crippen LogP contribution in [0.5, 0.6) is 5.75 Å². The number of imide groups is 1. The van der Waals surface area contributed by atoms with Gasteiger partial charge < -0.3 is 15.2 Å². The Labute approximate surface area is 188 Å².